The van der Waals surface area contributed by atoms with Gasteiger partial charge in [0.2, 0.25) is 0 Å². The third-order valence-electron chi connectivity index (χ3n) is 2.51. The normalized spacial score (nSPS) is 10.1. The molecule has 5 heteroatoms. The Morgan fingerprint density at radius 1 is 1.21 bits per heavy atom. The summed E-state index contributed by atoms with van der Waals surface area (Å²) in [5.41, 5.74) is 0.560. The van der Waals surface area contributed by atoms with Crippen molar-refractivity contribution in [3.05, 3.63) is 23.8 Å². The fraction of sp³-hybridized carbons (Fsp3) is 0.500. The molecule has 5 nitrogen and oxygen atoms in total. The summed E-state index contributed by atoms with van der Waals surface area (Å²) in [5.74, 6) is 1.07. The van der Waals surface area contributed by atoms with Gasteiger partial charge in [-0.3, -0.25) is 4.79 Å². The minimum atomic E-state index is -0.119. The topological polar surface area (TPSA) is 56.8 Å². The van der Waals surface area contributed by atoms with Crippen LogP contribution in [0, 0.1) is 0 Å². The number of rotatable bonds is 8. The maximum absolute atomic E-state index is 11.7. The first-order valence-corrected chi connectivity index (χ1v) is 6.30. The average Bonchev–Trinajstić information content (AvgIpc) is 2.43. The van der Waals surface area contributed by atoms with Crippen LogP contribution in [0.25, 0.3) is 0 Å². The van der Waals surface area contributed by atoms with E-state index < -0.39 is 0 Å². The molecule has 19 heavy (non-hydrogen) atoms. The Morgan fingerprint density at radius 2 is 2.00 bits per heavy atom. The lowest BCUT2D eigenvalue weighted by atomic mass is 10.2. The van der Waals surface area contributed by atoms with E-state index in [-0.39, 0.29) is 5.91 Å². The smallest absolute Gasteiger partial charge is 0.251 e. The van der Waals surface area contributed by atoms with Gasteiger partial charge < -0.3 is 19.5 Å². The average molecular weight is 267 g/mol. The number of benzene rings is 1. The van der Waals surface area contributed by atoms with Crippen molar-refractivity contribution in [2.24, 2.45) is 0 Å². The molecule has 1 N–H and O–H groups in total. The predicted octanol–water partition coefficient (Wildman–Crippen LogP) is 1.86. The van der Waals surface area contributed by atoms with E-state index in [2.05, 4.69) is 5.32 Å². The van der Waals surface area contributed by atoms with E-state index in [1.54, 1.807) is 32.4 Å². The molecule has 0 heterocycles. The van der Waals surface area contributed by atoms with E-state index in [9.17, 15) is 4.79 Å². The molecular weight excluding hydrogens is 246 g/mol. The Kier molecular flexibility index (Phi) is 6.74. The van der Waals surface area contributed by atoms with Crippen LogP contribution in [-0.4, -0.2) is 39.9 Å². The number of nitrogens with one attached hydrogen (secondary N) is 1. The summed E-state index contributed by atoms with van der Waals surface area (Å²) in [7, 11) is 3.22. The zero-order valence-electron chi connectivity index (χ0n) is 11.7. The van der Waals surface area contributed by atoms with Crippen molar-refractivity contribution in [3.8, 4) is 11.5 Å². The highest BCUT2D eigenvalue weighted by molar-refractivity contribution is 5.94. The fourth-order valence-electron chi connectivity index (χ4n) is 1.58. The SMILES string of the molecule is CCNC(=O)c1ccc(OC)c(OCCCOC)c1. The van der Waals surface area contributed by atoms with Crippen molar-refractivity contribution in [2.45, 2.75) is 13.3 Å². The van der Waals surface area contributed by atoms with Gasteiger partial charge in [-0.2, -0.15) is 0 Å². The summed E-state index contributed by atoms with van der Waals surface area (Å²) < 4.78 is 15.8. The van der Waals surface area contributed by atoms with Crippen molar-refractivity contribution in [3.63, 3.8) is 0 Å². The molecule has 0 aliphatic heterocycles. The molecule has 0 spiro atoms. The van der Waals surface area contributed by atoms with E-state index in [1.165, 1.54) is 0 Å². The van der Waals surface area contributed by atoms with Gasteiger partial charge in [-0.15, -0.1) is 0 Å². The number of ether oxygens (including phenoxy) is 3. The van der Waals surface area contributed by atoms with Crippen molar-refractivity contribution in [1.82, 2.24) is 5.32 Å². The number of hydrogen-bond donors (Lipinski definition) is 1. The number of hydrogen-bond acceptors (Lipinski definition) is 4. The zero-order valence-corrected chi connectivity index (χ0v) is 11.7. The number of carbonyl (C=O) groups excluding carboxylic acids is 1. The molecule has 1 aromatic rings. The highest BCUT2D eigenvalue weighted by atomic mass is 16.5. The maximum Gasteiger partial charge on any atom is 0.251 e. The van der Waals surface area contributed by atoms with E-state index in [0.29, 0.717) is 36.8 Å². The molecule has 0 fully saturated rings. The highest BCUT2D eigenvalue weighted by Crippen LogP contribution is 2.28. The van der Waals surface area contributed by atoms with Crippen LogP contribution in [0.1, 0.15) is 23.7 Å². The molecule has 0 aliphatic carbocycles. The third-order valence-corrected chi connectivity index (χ3v) is 2.51. The molecule has 106 valence electrons. The monoisotopic (exact) mass is 267 g/mol. The second-order valence-corrected chi connectivity index (χ2v) is 3.92. The summed E-state index contributed by atoms with van der Waals surface area (Å²) in [6, 6.07) is 5.14. The fourth-order valence-corrected chi connectivity index (χ4v) is 1.58. The van der Waals surface area contributed by atoms with Gasteiger partial charge in [-0.25, -0.2) is 0 Å². The van der Waals surface area contributed by atoms with Crippen LogP contribution in [0.2, 0.25) is 0 Å². The maximum atomic E-state index is 11.7. The van der Waals surface area contributed by atoms with Crippen LogP contribution in [0.15, 0.2) is 18.2 Å². The minimum absolute atomic E-state index is 0.119. The number of methoxy groups -OCH3 is 2. The minimum Gasteiger partial charge on any atom is -0.493 e. The summed E-state index contributed by atoms with van der Waals surface area (Å²) in [6.45, 7) is 3.62. The lowest BCUT2D eigenvalue weighted by Gasteiger charge is -2.12. The lowest BCUT2D eigenvalue weighted by Crippen LogP contribution is -2.22. The van der Waals surface area contributed by atoms with Crippen LogP contribution >= 0.6 is 0 Å². The lowest BCUT2D eigenvalue weighted by molar-refractivity contribution is 0.0955. The van der Waals surface area contributed by atoms with Crippen LogP contribution in [0.3, 0.4) is 0 Å². The van der Waals surface area contributed by atoms with Crippen molar-refractivity contribution < 1.29 is 19.0 Å². The summed E-state index contributed by atoms with van der Waals surface area (Å²) >= 11 is 0. The molecule has 1 rings (SSSR count). The summed E-state index contributed by atoms with van der Waals surface area (Å²) in [5, 5.41) is 2.75. The van der Waals surface area contributed by atoms with Crippen LogP contribution < -0.4 is 14.8 Å². The molecule has 0 unspecified atom stereocenters. The van der Waals surface area contributed by atoms with Crippen LogP contribution in [0.5, 0.6) is 11.5 Å². The molecule has 0 aliphatic rings. The second-order valence-electron chi connectivity index (χ2n) is 3.92. The molecule has 0 atom stereocenters. The van der Waals surface area contributed by atoms with Crippen molar-refractivity contribution in [2.75, 3.05) is 34.0 Å². The predicted molar refractivity (Wildman–Crippen MR) is 73.0 cm³/mol. The Labute approximate surface area is 113 Å². The van der Waals surface area contributed by atoms with E-state index in [1.807, 2.05) is 6.92 Å². The van der Waals surface area contributed by atoms with Gasteiger partial charge in [-0.1, -0.05) is 0 Å². The molecular formula is C14H21NO4. The Balaban J connectivity index is 2.75. The molecule has 1 aromatic carbocycles. The first-order chi connectivity index (χ1) is 9.22. The van der Waals surface area contributed by atoms with Gasteiger partial charge in [0.05, 0.1) is 13.7 Å². The first kappa shape index (κ1) is 15.3. The van der Waals surface area contributed by atoms with E-state index >= 15 is 0 Å². The quantitative estimate of drug-likeness (QED) is 0.730. The van der Waals surface area contributed by atoms with E-state index in [0.717, 1.165) is 6.42 Å². The third kappa shape index (κ3) is 4.79. The van der Waals surface area contributed by atoms with Gasteiger partial charge in [0.15, 0.2) is 11.5 Å². The Hall–Kier alpha value is -1.75. The summed E-state index contributed by atoms with van der Waals surface area (Å²) in [6.07, 6.45) is 0.783. The van der Waals surface area contributed by atoms with Crippen molar-refractivity contribution in [1.29, 1.82) is 0 Å². The van der Waals surface area contributed by atoms with Gasteiger partial charge in [0.25, 0.3) is 5.91 Å². The first-order valence-electron chi connectivity index (χ1n) is 6.30. The van der Waals surface area contributed by atoms with E-state index in [4.69, 9.17) is 14.2 Å². The van der Waals surface area contributed by atoms with Crippen molar-refractivity contribution >= 4 is 5.91 Å². The zero-order chi connectivity index (χ0) is 14.1. The number of amides is 1. The molecule has 0 bridgehead atoms. The van der Waals surface area contributed by atoms with Crippen LogP contribution in [0.4, 0.5) is 0 Å². The largest absolute Gasteiger partial charge is 0.493 e. The standard InChI is InChI=1S/C14H21NO4/c1-4-15-14(16)11-6-7-12(18-3)13(10-11)19-9-5-8-17-2/h6-7,10H,4-5,8-9H2,1-3H3,(H,15,16). The van der Waals surface area contributed by atoms with Gasteiger partial charge in [-0.05, 0) is 25.1 Å². The molecule has 0 saturated carbocycles. The number of carbonyl (C=O) groups is 1. The summed E-state index contributed by atoms with van der Waals surface area (Å²) in [4.78, 5) is 11.7. The second kappa shape index (κ2) is 8.37. The highest BCUT2D eigenvalue weighted by Gasteiger charge is 2.10. The van der Waals surface area contributed by atoms with Crippen LogP contribution in [-0.2, 0) is 4.74 Å². The molecule has 1 amide bonds. The van der Waals surface area contributed by atoms with Gasteiger partial charge >= 0.3 is 0 Å². The van der Waals surface area contributed by atoms with Gasteiger partial charge in [0.1, 0.15) is 0 Å². The molecule has 0 radical (unpaired) electrons. The molecule has 0 aromatic heterocycles. The van der Waals surface area contributed by atoms with Gasteiger partial charge in [0, 0.05) is 32.2 Å². The Morgan fingerprint density at radius 3 is 2.63 bits per heavy atom. The molecule has 0 saturated heterocycles. The Bertz CT molecular complexity index is 406.